The summed E-state index contributed by atoms with van der Waals surface area (Å²) in [5, 5.41) is 6.36. The van der Waals surface area contributed by atoms with Crippen LogP contribution in [0.3, 0.4) is 0 Å². The van der Waals surface area contributed by atoms with Gasteiger partial charge in [0.15, 0.2) is 0 Å². The number of aryl methyl sites for hydroxylation is 1. The summed E-state index contributed by atoms with van der Waals surface area (Å²) >= 11 is 1.32. The Hall–Kier alpha value is -3.58. The van der Waals surface area contributed by atoms with Gasteiger partial charge in [-0.3, -0.25) is 4.79 Å². The monoisotopic (exact) mass is 476 g/mol. The van der Waals surface area contributed by atoms with Crippen LogP contribution in [0.1, 0.15) is 36.2 Å². The quantitative estimate of drug-likeness (QED) is 0.298. The molecule has 0 atom stereocenters. The molecule has 4 rings (SSSR count). The fourth-order valence-corrected chi connectivity index (χ4v) is 4.90. The summed E-state index contributed by atoms with van der Waals surface area (Å²) in [6.45, 7) is 4.73. The van der Waals surface area contributed by atoms with E-state index in [4.69, 9.17) is 9.47 Å². The van der Waals surface area contributed by atoms with Crippen LogP contribution >= 0.6 is 11.3 Å². The van der Waals surface area contributed by atoms with Gasteiger partial charge in [0.1, 0.15) is 16.3 Å². The maximum Gasteiger partial charge on any atom is 0.341 e. The molecule has 0 saturated heterocycles. The number of para-hydroxylation sites is 1. The van der Waals surface area contributed by atoms with Crippen LogP contribution in [0.2, 0.25) is 0 Å². The number of esters is 1. The third-order valence-electron chi connectivity index (χ3n) is 5.49. The second-order valence-corrected chi connectivity index (χ2v) is 8.83. The zero-order chi connectivity index (χ0) is 24.1. The highest BCUT2D eigenvalue weighted by atomic mass is 32.1. The molecule has 2 aromatic heterocycles. The number of nitrogens with zero attached hydrogens (tertiary/aromatic N) is 1. The fraction of sp³-hybridized carbons (Fsp3) is 0.259. The number of rotatable bonds is 9. The summed E-state index contributed by atoms with van der Waals surface area (Å²) < 4.78 is 13.0. The van der Waals surface area contributed by atoms with Crippen molar-refractivity contribution in [3.63, 3.8) is 0 Å². The molecule has 7 heteroatoms. The first kappa shape index (κ1) is 23.6. The number of benzene rings is 2. The standard InChI is InChI=1S/C27H28N2O4S/c1-4-14-33-20-12-10-18(11-13-20)22-17-34-26(25(22)27(31)32-5-2)28-24(30)15-19-16-29(3)23-9-7-6-8-21(19)23/h6-13,16-17H,4-5,14-15H2,1-3H3,(H,28,30). The number of hydrogen-bond acceptors (Lipinski definition) is 5. The van der Waals surface area contributed by atoms with Gasteiger partial charge >= 0.3 is 5.97 Å². The molecule has 1 amide bonds. The highest BCUT2D eigenvalue weighted by Crippen LogP contribution is 2.37. The van der Waals surface area contributed by atoms with Crippen molar-refractivity contribution in [3.05, 3.63) is 71.2 Å². The molecule has 0 spiro atoms. The van der Waals surface area contributed by atoms with E-state index < -0.39 is 5.97 Å². The molecule has 1 N–H and O–H groups in total. The van der Waals surface area contributed by atoms with Gasteiger partial charge in [-0.15, -0.1) is 11.3 Å². The molecule has 0 radical (unpaired) electrons. The van der Waals surface area contributed by atoms with Gasteiger partial charge in [-0.1, -0.05) is 37.3 Å². The largest absolute Gasteiger partial charge is 0.494 e. The SMILES string of the molecule is CCCOc1ccc(-c2csc(NC(=O)Cc3cn(C)c4ccccc34)c2C(=O)OCC)cc1. The van der Waals surface area contributed by atoms with Gasteiger partial charge in [-0.05, 0) is 42.7 Å². The van der Waals surface area contributed by atoms with E-state index in [-0.39, 0.29) is 18.9 Å². The second kappa shape index (κ2) is 10.6. The number of thiophene rings is 1. The fourth-order valence-electron chi connectivity index (χ4n) is 3.93. The van der Waals surface area contributed by atoms with Crippen LogP contribution in [0.4, 0.5) is 5.00 Å². The molecule has 176 valence electrons. The molecule has 34 heavy (non-hydrogen) atoms. The molecule has 6 nitrogen and oxygen atoms in total. The van der Waals surface area contributed by atoms with E-state index in [9.17, 15) is 9.59 Å². The van der Waals surface area contributed by atoms with Crippen molar-refractivity contribution < 1.29 is 19.1 Å². The van der Waals surface area contributed by atoms with Crippen LogP contribution in [-0.2, 0) is 23.0 Å². The first-order valence-electron chi connectivity index (χ1n) is 11.4. The Labute approximate surface area is 203 Å². The van der Waals surface area contributed by atoms with Crippen LogP contribution in [0.25, 0.3) is 22.0 Å². The van der Waals surface area contributed by atoms with Gasteiger partial charge in [0, 0.05) is 35.1 Å². The Kier molecular flexibility index (Phi) is 7.33. The molecule has 0 saturated carbocycles. The molecule has 0 unspecified atom stereocenters. The zero-order valence-electron chi connectivity index (χ0n) is 19.6. The smallest absolute Gasteiger partial charge is 0.341 e. The number of anilines is 1. The normalized spacial score (nSPS) is 10.9. The minimum Gasteiger partial charge on any atom is -0.494 e. The number of aromatic nitrogens is 1. The summed E-state index contributed by atoms with van der Waals surface area (Å²) in [5.41, 5.74) is 3.97. The Bertz CT molecular complexity index is 1300. The van der Waals surface area contributed by atoms with E-state index in [1.165, 1.54) is 11.3 Å². The molecule has 2 heterocycles. The highest BCUT2D eigenvalue weighted by molar-refractivity contribution is 7.15. The Morgan fingerprint density at radius 2 is 1.82 bits per heavy atom. The van der Waals surface area contributed by atoms with Crippen LogP contribution < -0.4 is 10.1 Å². The van der Waals surface area contributed by atoms with Crippen LogP contribution in [-0.4, -0.2) is 29.7 Å². The van der Waals surface area contributed by atoms with Crippen molar-refractivity contribution in [2.75, 3.05) is 18.5 Å². The Morgan fingerprint density at radius 3 is 2.56 bits per heavy atom. The summed E-state index contributed by atoms with van der Waals surface area (Å²) in [7, 11) is 1.96. The number of nitrogens with one attached hydrogen (secondary N) is 1. The number of hydrogen-bond donors (Lipinski definition) is 1. The van der Waals surface area contributed by atoms with Crippen molar-refractivity contribution in [1.82, 2.24) is 4.57 Å². The number of fused-ring (bicyclic) bond motifs is 1. The van der Waals surface area contributed by atoms with Gasteiger partial charge in [0.25, 0.3) is 0 Å². The maximum absolute atomic E-state index is 13.0. The van der Waals surface area contributed by atoms with Crippen molar-refractivity contribution >= 4 is 39.1 Å². The molecule has 0 fully saturated rings. The van der Waals surface area contributed by atoms with E-state index >= 15 is 0 Å². The topological polar surface area (TPSA) is 69.6 Å². The Morgan fingerprint density at radius 1 is 1.06 bits per heavy atom. The summed E-state index contributed by atoms with van der Waals surface area (Å²) in [6, 6.07) is 15.6. The molecule has 2 aromatic carbocycles. The first-order valence-corrected chi connectivity index (χ1v) is 12.2. The minimum atomic E-state index is -0.453. The van der Waals surface area contributed by atoms with Crippen molar-refractivity contribution in [1.29, 1.82) is 0 Å². The van der Waals surface area contributed by atoms with Crippen LogP contribution in [0.15, 0.2) is 60.1 Å². The average Bonchev–Trinajstić information content (AvgIpc) is 3.39. The lowest BCUT2D eigenvalue weighted by atomic mass is 10.0. The molecule has 0 bridgehead atoms. The molecule has 0 aliphatic heterocycles. The van der Waals surface area contributed by atoms with Gasteiger partial charge in [-0.25, -0.2) is 4.79 Å². The molecule has 0 aliphatic rings. The predicted octanol–water partition coefficient (Wildman–Crippen LogP) is 6.05. The van der Waals surface area contributed by atoms with Gasteiger partial charge < -0.3 is 19.4 Å². The Balaban J connectivity index is 1.59. The highest BCUT2D eigenvalue weighted by Gasteiger charge is 2.23. The predicted molar refractivity (Wildman–Crippen MR) is 137 cm³/mol. The number of carbonyl (C=O) groups is 2. The molecule has 0 aliphatic carbocycles. The lowest BCUT2D eigenvalue weighted by Crippen LogP contribution is -2.16. The van der Waals surface area contributed by atoms with Gasteiger partial charge in [-0.2, -0.15) is 0 Å². The molecular formula is C27H28N2O4S. The number of carbonyl (C=O) groups excluding carboxylic acids is 2. The van der Waals surface area contributed by atoms with Gasteiger partial charge in [0.2, 0.25) is 5.91 Å². The van der Waals surface area contributed by atoms with E-state index in [0.717, 1.165) is 39.8 Å². The van der Waals surface area contributed by atoms with Gasteiger partial charge in [0.05, 0.1) is 19.6 Å². The molecular weight excluding hydrogens is 448 g/mol. The zero-order valence-corrected chi connectivity index (χ0v) is 20.4. The summed E-state index contributed by atoms with van der Waals surface area (Å²) in [6.07, 6.45) is 3.11. The summed E-state index contributed by atoms with van der Waals surface area (Å²) in [5.74, 6) is 0.145. The van der Waals surface area contributed by atoms with Crippen molar-refractivity contribution in [2.24, 2.45) is 7.05 Å². The van der Waals surface area contributed by atoms with Crippen molar-refractivity contribution in [2.45, 2.75) is 26.7 Å². The number of amides is 1. The first-order chi connectivity index (χ1) is 16.5. The van der Waals surface area contributed by atoms with E-state index in [0.29, 0.717) is 17.2 Å². The summed E-state index contributed by atoms with van der Waals surface area (Å²) in [4.78, 5) is 25.8. The molecule has 4 aromatic rings. The third-order valence-corrected chi connectivity index (χ3v) is 6.39. The number of ether oxygens (including phenoxy) is 2. The van der Waals surface area contributed by atoms with Crippen molar-refractivity contribution in [3.8, 4) is 16.9 Å². The van der Waals surface area contributed by atoms with E-state index in [2.05, 4.69) is 12.2 Å². The lowest BCUT2D eigenvalue weighted by molar-refractivity contribution is -0.115. The maximum atomic E-state index is 13.0. The lowest BCUT2D eigenvalue weighted by Gasteiger charge is -2.10. The van der Waals surface area contributed by atoms with Crippen LogP contribution in [0.5, 0.6) is 5.75 Å². The van der Waals surface area contributed by atoms with Crippen LogP contribution in [0, 0.1) is 0 Å². The van der Waals surface area contributed by atoms with E-state index in [1.807, 2.05) is 71.7 Å². The average molecular weight is 477 g/mol. The van der Waals surface area contributed by atoms with E-state index in [1.54, 1.807) is 6.92 Å². The second-order valence-electron chi connectivity index (χ2n) is 7.95. The minimum absolute atomic E-state index is 0.182. The third kappa shape index (κ3) is 4.99.